The molecule has 0 aromatic heterocycles. The average molecular weight is 267 g/mol. The largest absolute Gasteiger partial charge is 0.493 e. The Hall–Kier alpha value is -1.26. The van der Waals surface area contributed by atoms with Gasteiger partial charge in [-0.05, 0) is 30.5 Å². The monoisotopic (exact) mass is 267 g/mol. The van der Waals surface area contributed by atoms with Crippen LogP contribution in [0.4, 0.5) is 0 Å². The highest BCUT2D eigenvalue weighted by molar-refractivity contribution is 5.43. The molecule has 2 N–H and O–H groups in total. The van der Waals surface area contributed by atoms with E-state index in [1.54, 1.807) is 14.2 Å². The minimum absolute atomic E-state index is 0.123. The molecule has 0 aliphatic carbocycles. The van der Waals surface area contributed by atoms with Gasteiger partial charge in [0.05, 0.1) is 20.8 Å². The number of benzene rings is 1. The normalized spacial score (nSPS) is 13.9. The first kappa shape index (κ1) is 15.8. The molecule has 0 fully saturated rings. The third-order valence-corrected chi connectivity index (χ3v) is 3.37. The van der Waals surface area contributed by atoms with E-state index in [0.29, 0.717) is 0 Å². The molecule has 0 radical (unpaired) electrons. The summed E-state index contributed by atoms with van der Waals surface area (Å²) >= 11 is 0. The molecule has 0 heterocycles. The lowest BCUT2D eigenvalue weighted by molar-refractivity contribution is 0.226. The van der Waals surface area contributed by atoms with Crippen molar-refractivity contribution in [3.05, 3.63) is 23.8 Å². The molecular formula is C15H25NO3. The number of methoxy groups -OCH3 is 2. The van der Waals surface area contributed by atoms with Gasteiger partial charge in [-0.3, -0.25) is 0 Å². The lowest BCUT2D eigenvalue weighted by atomic mass is 10.0. The zero-order chi connectivity index (χ0) is 14.3. The summed E-state index contributed by atoms with van der Waals surface area (Å²) in [6, 6.07) is 6.27. The predicted octanol–water partition coefficient (Wildman–Crippen LogP) is 2.52. The van der Waals surface area contributed by atoms with Gasteiger partial charge in [0.2, 0.25) is 0 Å². The Bertz CT molecular complexity index is 378. The van der Waals surface area contributed by atoms with Crippen LogP contribution in [0, 0.1) is 0 Å². The number of aliphatic hydroxyl groups is 1. The van der Waals surface area contributed by atoms with E-state index in [0.717, 1.165) is 29.9 Å². The molecule has 1 rings (SSSR count). The first-order valence-corrected chi connectivity index (χ1v) is 6.78. The average Bonchev–Trinajstić information content (AvgIpc) is 2.48. The van der Waals surface area contributed by atoms with Crippen molar-refractivity contribution in [1.82, 2.24) is 5.32 Å². The Morgan fingerprint density at radius 3 is 2.26 bits per heavy atom. The molecule has 1 aromatic carbocycles. The molecular weight excluding hydrogens is 242 g/mol. The van der Waals surface area contributed by atoms with Gasteiger partial charge in [-0.1, -0.05) is 19.9 Å². The van der Waals surface area contributed by atoms with Gasteiger partial charge in [0.1, 0.15) is 0 Å². The minimum Gasteiger partial charge on any atom is -0.493 e. The van der Waals surface area contributed by atoms with Gasteiger partial charge in [0.15, 0.2) is 11.5 Å². The molecule has 2 unspecified atom stereocenters. The molecule has 0 aliphatic rings. The van der Waals surface area contributed by atoms with E-state index in [9.17, 15) is 5.11 Å². The molecule has 0 amide bonds. The smallest absolute Gasteiger partial charge is 0.161 e. The highest BCUT2D eigenvalue weighted by Gasteiger charge is 2.15. The summed E-state index contributed by atoms with van der Waals surface area (Å²) < 4.78 is 10.6. The third-order valence-electron chi connectivity index (χ3n) is 3.37. The van der Waals surface area contributed by atoms with Crippen molar-refractivity contribution in [3.8, 4) is 11.5 Å². The molecule has 0 saturated carbocycles. The van der Waals surface area contributed by atoms with E-state index >= 15 is 0 Å². The van der Waals surface area contributed by atoms with Crippen LogP contribution in [-0.4, -0.2) is 32.0 Å². The second kappa shape index (κ2) is 8.02. The molecule has 0 bridgehead atoms. The number of aliphatic hydroxyl groups excluding tert-OH is 1. The van der Waals surface area contributed by atoms with Crippen molar-refractivity contribution in [1.29, 1.82) is 0 Å². The van der Waals surface area contributed by atoms with Gasteiger partial charge in [-0.25, -0.2) is 0 Å². The van der Waals surface area contributed by atoms with Gasteiger partial charge < -0.3 is 19.9 Å². The van der Waals surface area contributed by atoms with E-state index in [-0.39, 0.29) is 18.7 Å². The van der Waals surface area contributed by atoms with Gasteiger partial charge in [-0.15, -0.1) is 0 Å². The zero-order valence-electron chi connectivity index (χ0n) is 12.3. The van der Waals surface area contributed by atoms with Crippen molar-refractivity contribution < 1.29 is 14.6 Å². The summed E-state index contributed by atoms with van der Waals surface area (Å²) in [5.74, 6) is 1.47. The number of hydrogen-bond acceptors (Lipinski definition) is 4. The number of nitrogens with one attached hydrogen (secondary N) is 1. The summed E-state index contributed by atoms with van der Waals surface area (Å²) in [6.45, 7) is 4.34. The lowest BCUT2D eigenvalue weighted by Crippen LogP contribution is -2.34. The molecule has 0 spiro atoms. The highest BCUT2D eigenvalue weighted by atomic mass is 16.5. The number of rotatable bonds is 8. The van der Waals surface area contributed by atoms with Crippen molar-refractivity contribution in [3.63, 3.8) is 0 Å². The first-order chi connectivity index (χ1) is 9.19. The second-order valence-corrected chi connectivity index (χ2v) is 4.53. The zero-order valence-corrected chi connectivity index (χ0v) is 12.3. The molecule has 19 heavy (non-hydrogen) atoms. The van der Waals surface area contributed by atoms with Crippen LogP contribution in [0.25, 0.3) is 0 Å². The first-order valence-electron chi connectivity index (χ1n) is 6.78. The van der Waals surface area contributed by atoms with Crippen molar-refractivity contribution in [2.75, 3.05) is 20.8 Å². The molecule has 4 heteroatoms. The fraction of sp³-hybridized carbons (Fsp3) is 0.600. The Morgan fingerprint density at radius 2 is 1.79 bits per heavy atom. The van der Waals surface area contributed by atoms with E-state index < -0.39 is 0 Å². The maximum atomic E-state index is 9.29. The molecule has 4 nitrogen and oxygen atoms in total. The van der Waals surface area contributed by atoms with Gasteiger partial charge in [0, 0.05) is 12.1 Å². The van der Waals surface area contributed by atoms with Crippen LogP contribution in [0.5, 0.6) is 11.5 Å². The van der Waals surface area contributed by atoms with E-state index in [1.165, 1.54) is 0 Å². The Kier molecular flexibility index (Phi) is 6.67. The maximum Gasteiger partial charge on any atom is 0.161 e. The van der Waals surface area contributed by atoms with Crippen molar-refractivity contribution in [2.45, 2.75) is 38.8 Å². The van der Waals surface area contributed by atoms with E-state index in [1.807, 2.05) is 18.2 Å². The summed E-state index contributed by atoms with van der Waals surface area (Å²) in [5.41, 5.74) is 1.15. The Balaban J connectivity index is 2.92. The fourth-order valence-corrected chi connectivity index (χ4v) is 2.10. The lowest BCUT2D eigenvalue weighted by Gasteiger charge is -2.24. The van der Waals surface area contributed by atoms with Gasteiger partial charge >= 0.3 is 0 Å². The second-order valence-electron chi connectivity index (χ2n) is 4.53. The predicted molar refractivity (Wildman–Crippen MR) is 76.9 cm³/mol. The molecule has 2 atom stereocenters. The quantitative estimate of drug-likeness (QED) is 0.760. The molecule has 1 aromatic rings. The minimum atomic E-state index is 0.123. The van der Waals surface area contributed by atoms with Crippen LogP contribution >= 0.6 is 0 Å². The summed E-state index contributed by atoms with van der Waals surface area (Å²) in [5, 5.41) is 12.8. The third kappa shape index (κ3) is 4.11. The number of ether oxygens (including phenoxy) is 2. The molecule has 0 saturated heterocycles. The van der Waals surface area contributed by atoms with Crippen LogP contribution in [0.3, 0.4) is 0 Å². The highest BCUT2D eigenvalue weighted by Crippen LogP contribution is 2.31. The number of hydrogen-bond donors (Lipinski definition) is 2. The van der Waals surface area contributed by atoms with Gasteiger partial charge in [-0.2, -0.15) is 0 Å². The maximum absolute atomic E-state index is 9.29. The summed E-state index contributed by atoms with van der Waals surface area (Å²) in [4.78, 5) is 0. The summed E-state index contributed by atoms with van der Waals surface area (Å²) in [6.07, 6.45) is 1.85. The van der Waals surface area contributed by atoms with Crippen LogP contribution < -0.4 is 14.8 Å². The Morgan fingerprint density at radius 1 is 1.11 bits per heavy atom. The standard InChI is InChI=1S/C15H25NO3/c1-5-12(10-17)16-13(6-2)11-7-8-14(18-3)15(9-11)19-4/h7-9,12-13,16-17H,5-6,10H2,1-4H3. The van der Waals surface area contributed by atoms with Crippen molar-refractivity contribution >= 4 is 0 Å². The van der Waals surface area contributed by atoms with Crippen LogP contribution in [0.2, 0.25) is 0 Å². The van der Waals surface area contributed by atoms with E-state index in [4.69, 9.17) is 9.47 Å². The van der Waals surface area contributed by atoms with Crippen LogP contribution in [0.1, 0.15) is 38.3 Å². The van der Waals surface area contributed by atoms with Crippen LogP contribution in [-0.2, 0) is 0 Å². The topological polar surface area (TPSA) is 50.7 Å². The summed E-state index contributed by atoms with van der Waals surface area (Å²) in [7, 11) is 3.27. The van der Waals surface area contributed by atoms with E-state index in [2.05, 4.69) is 19.2 Å². The SMILES string of the molecule is CCC(CO)NC(CC)c1ccc(OC)c(OC)c1. The van der Waals surface area contributed by atoms with Crippen molar-refractivity contribution in [2.24, 2.45) is 0 Å². The molecule has 108 valence electrons. The molecule has 0 aliphatic heterocycles. The Labute approximate surface area is 115 Å². The fourth-order valence-electron chi connectivity index (χ4n) is 2.10. The van der Waals surface area contributed by atoms with Crippen LogP contribution in [0.15, 0.2) is 18.2 Å². The van der Waals surface area contributed by atoms with Gasteiger partial charge in [0.25, 0.3) is 0 Å².